The predicted molar refractivity (Wildman–Crippen MR) is 53.0 cm³/mol. The third-order valence-corrected chi connectivity index (χ3v) is 2.53. The summed E-state index contributed by atoms with van der Waals surface area (Å²) in [5, 5.41) is 21.4. The van der Waals surface area contributed by atoms with E-state index in [2.05, 4.69) is 10.3 Å². The van der Waals surface area contributed by atoms with Gasteiger partial charge in [0.05, 0.1) is 31.1 Å². The van der Waals surface area contributed by atoms with Crippen LogP contribution in [0.1, 0.15) is 11.9 Å². The molecule has 0 spiro atoms. The van der Waals surface area contributed by atoms with E-state index < -0.39 is 5.54 Å². The van der Waals surface area contributed by atoms with Crippen molar-refractivity contribution in [2.24, 2.45) is 0 Å². The fourth-order valence-electron chi connectivity index (χ4n) is 1.53. The van der Waals surface area contributed by atoms with Crippen molar-refractivity contribution < 1.29 is 14.9 Å². The first-order valence-corrected chi connectivity index (χ1v) is 4.82. The van der Waals surface area contributed by atoms with Crippen molar-refractivity contribution in [3.05, 3.63) is 30.1 Å². The minimum absolute atomic E-state index is 0.160. The molecule has 2 heterocycles. The van der Waals surface area contributed by atoms with E-state index in [0.29, 0.717) is 0 Å². The maximum Gasteiger partial charge on any atom is 0.152 e. The number of pyridine rings is 1. The molecule has 1 aromatic rings. The largest absolute Gasteiger partial charge is 0.394 e. The van der Waals surface area contributed by atoms with E-state index in [4.69, 9.17) is 14.9 Å². The Kier molecular flexibility index (Phi) is 2.97. The summed E-state index contributed by atoms with van der Waals surface area (Å²) in [6, 6.07) is 5.53. The topological polar surface area (TPSA) is 74.6 Å². The van der Waals surface area contributed by atoms with Gasteiger partial charge >= 0.3 is 0 Å². The van der Waals surface area contributed by atoms with Gasteiger partial charge in [-0.3, -0.25) is 10.3 Å². The van der Waals surface area contributed by atoms with Crippen LogP contribution in [0.3, 0.4) is 0 Å². The van der Waals surface area contributed by atoms with Crippen LogP contribution >= 0.6 is 0 Å². The standard InChI is InChI=1S/C10H14N2O3/c13-5-10(6-14)7-15-9(12-10)8-3-1-2-4-11-8/h1-4,9,12-14H,5-7H2/t9-/m0/s1. The number of rotatable bonds is 3. The average Bonchev–Trinajstić information content (AvgIpc) is 2.75. The van der Waals surface area contributed by atoms with E-state index >= 15 is 0 Å². The Hall–Kier alpha value is -1.01. The number of ether oxygens (including phenoxy) is 1. The smallest absolute Gasteiger partial charge is 0.152 e. The predicted octanol–water partition coefficient (Wildman–Crippen LogP) is -0.577. The lowest BCUT2D eigenvalue weighted by atomic mass is 10.1. The van der Waals surface area contributed by atoms with Crippen molar-refractivity contribution in [2.75, 3.05) is 19.8 Å². The van der Waals surface area contributed by atoms with Crippen LogP contribution in [0.25, 0.3) is 0 Å². The molecular formula is C10H14N2O3. The quantitative estimate of drug-likeness (QED) is 0.622. The first-order valence-electron chi connectivity index (χ1n) is 4.82. The zero-order valence-electron chi connectivity index (χ0n) is 8.26. The summed E-state index contributed by atoms with van der Waals surface area (Å²) >= 11 is 0. The van der Waals surface area contributed by atoms with Gasteiger partial charge in [-0.2, -0.15) is 0 Å². The molecule has 1 aromatic heterocycles. The lowest BCUT2D eigenvalue weighted by molar-refractivity contribution is 0.0748. The van der Waals surface area contributed by atoms with Crippen LogP contribution in [0.4, 0.5) is 0 Å². The molecule has 0 saturated carbocycles. The van der Waals surface area contributed by atoms with Gasteiger partial charge in [0.2, 0.25) is 0 Å². The first kappa shape index (κ1) is 10.5. The zero-order chi connectivity index (χ0) is 10.7. The monoisotopic (exact) mass is 210 g/mol. The van der Waals surface area contributed by atoms with Crippen LogP contribution in [0.5, 0.6) is 0 Å². The number of hydrogen-bond acceptors (Lipinski definition) is 5. The van der Waals surface area contributed by atoms with Crippen molar-refractivity contribution in [2.45, 2.75) is 11.8 Å². The number of hydrogen-bond donors (Lipinski definition) is 3. The number of aliphatic hydroxyl groups is 2. The minimum Gasteiger partial charge on any atom is -0.394 e. The molecule has 2 rings (SSSR count). The van der Waals surface area contributed by atoms with Crippen molar-refractivity contribution >= 4 is 0 Å². The second kappa shape index (κ2) is 4.24. The highest BCUT2D eigenvalue weighted by molar-refractivity contribution is 5.10. The van der Waals surface area contributed by atoms with Gasteiger partial charge in [-0.05, 0) is 12.1 Å². The second-order valence-corrected chi connectivity index (χ2v) is 3.69. The van der Waals surface area contributed by atoms with E-state index in [9.17, 15) is 0 Å². The molecule has 0 unspecified atom stereocenters. The summed E-state index contributed by atoms with van der Waals surface area (Å²) in [6.45, 7) is -0.0408. The lowest BCUT2D eigenvalue weighted by Gasteiger charge is -2.22. The van der Waals surface area contributed by atoms with Gasteiger partial charge in [0, 0.05) is 6.20 Å². The summed E-state index contributed by atoms with van der Waals surface area (Å²) in [4.78, 5) is 4.14. The van der Waals surface area contributed by atoms with E-state index in [1.807, 2.05) is 18.2 Å². The minimum atomic E-state index is -0.748. The van der Waals surface area contributed by atoms with Gasteiger partial charge in [-0.25, -0.2) is 0 Å². The molecule has 1 fully saturated rings. The lowest BCUT2D eigenvalue weighted by Crippen LogP contribution is -2.49. The third-order valence-electron chi connectivity index (χ3n) is 2.53. The molecule has 0 aromatic carbocycles. The average molecular weight is 210 g/mol. The Labute approximate surface area is 87.7 Å². The molecule has 0 amide bonds. The van der Waals surface area contributed by atoms with Gasteiger partial charge < -0.3 is 14.9 Å². The molecule has 15 heavy (non-hydrogen) atoms. The van der Waals surface area contributed by atoms with Crippen molar-refractivity contribution in [3.8, 4) is 0 Å². The van der Waals surface area contributed by atoms with Crippen LogP contribution in [-0.4, -0.2) is 40.6 Å². The van der Waals surface area contributed by atoms with Crippen LogP contribution in [0.2, 0.25) is 0 Å². The van der Waals surface area contributed by atoms with Gasteiger partial charge in [0.1, 0.15) is 0 Å². The van der Waals surface area contributed by atoms with Crippen molar-refractivity contribution in [1.29, 1.82) is 0 Å². The van der Waals surface area contributed by atoms with E-state index in [1.54, 1.807) is 6.20 Å². The summed E-state index contributed by atoms with van der Waals surface area (Å²) in [6.07, 6.45) is 1.32. The molecular weight excluding hydrogens is 196 g/mol. The highest BCUT2D eigenvalue weighted by Crippen LogP contribution is 2.24. The normalized spacial score (nSPS) is 24.3. The Balaban J connectivity index is 2.10. The number of aromatic nitrogens is 1. The molecule has 1 aliphatic heterocycles. The van der Waals surface area contributed by atoms with E-state index in [1.165, 1.54) is 0 Å². The number of nitrogens with zero attached hydrogens (tertiary/aromatic N) is 1. The molecule has 82 valence electrons. The molecule has 5 nitrogen and oxygen atoms in total. The molecule has 1 saturated heterocycles. The van der Waals surface area contributed by atoms with Crippen molar-refractivity contribution in [3.63, 3.8) is 0 Å². The highest BCUT2D eigenvalue weighted by atomic mass is 16.5. The van der Waals surface area contributed by atoms with E-state index in [-0.39, 0.29) is 26.0 Å². The molecule has 5 heteroatoms. The SMILES string of the molecule is OCC1(CO)CO[C@@H](c2ccccn2)N1. The maximum absolute atomic E-state index is 9.16. The number of aliphatic hydroxyl groups excluding tert-OH is 2. The van der Waals surface area contributed by atoms with Gasteiger partial charge in [0.15, 0.2) is 6.23 Å². The molecule has 1 atom stereocenters. The Morgan fingerprint density at radius 3 is 2.80 bits per heavy atom. The second-order valence-electron chi connectivity index (χ2n) is 3.69. The van der Waals surface area contributed by atoms with E-state index in [0.717, 1.165) is 5.69 Å². The van der Waals surface area contributed by atoms with Crippen LogP contribution in [-0.2, 0) is 4.74 Å². The zero-order valence-corrected chi connectivity index (χ0v) is 8.26. The maximum atomic E-state index is 9.16. The Morgan fingerprint density at radius 2 is 2.27 bits per heavy atom. The van der Waals surface area contributed by atoms with Gasteiger partial charge in [0.25, 0.3) is 0 Å². The van der Waals surface area contributed by atoms with Gasteiger partial charge in [-0.1, -0.05) is 6.07 Å². The molecule has 3 N–H and O–H groups in total. The molecule has 0 bridgehead atoms. The highest BCUT2D eigenvalue weighted by Gasteiger charge is 2.39. The summed E-state index contributed by atoms with van der Waals surface area (Å²) in [7, 11) is 0. The number of nitrogens with one attached hydrogen (secondary N) is 1. The molecule has 1 aliphatic rings. The molecule has 0 aliphatic carbocycles. The van der Waals surface area contributed by atoms with Crippen LogP contribution in [0.15, 0.2) is 24.4 Å². The van der Waals surface area contributed by atoms with Crippen LogP contribution < -0.4 is 5.32 Å². The third kappa shape index (κ3) is 2.00. The van der Waals surface area contributed by atoms with Crippen molar-refractivity contribution in [1.82, 2.24) is 10.3 Å². The van der Waals surface area contributed by atoms with Crippen LogP contribution in [0, 0.1) is 0 Å². The first-order chi connectivity index (χ1) is 7.29. The molecule has 0 radical (unpaired) electrons. The Bertz CT molecular complexity index is 314. The fraction of sp³-hybridized carbons (Fsp3) is 0.500. The summed E-state index contributed by atoms with van der Waals surface area (Å²) in [5.74, 6) is 0. The summed E-state index contributed by atoms with van der Waals surface area (Å²) in [5.41, 5.74) is 0.00335. The Morgan fingerprint density at radius 1 is 1.47 bits per heavy atom. The fourth-order valence-corrected chi connectivity index (χ4v) is 1.53. The summed E-state index contributed by atoms with van der Waals surface area (Å²) < 4.78 is 5.44. The van der Waals surface area contributed by atoms with Gasteiger partial charge in [-0.15, -0.1) is 0 Å².